The largest absolute Gasteiger partial charge is 0.130 e. The minimum atomic E-state index is -1.24. The number of aromatic nitrogens is 2. The molecule has 4 heteroatoms. The molecule has 224 valence electrons. The molecular formula is C43H31ClN2Zr. The number of halogens is 1. The Bertz CT molecular complexity index is 2270. The van der Waals surface area contributed by atoms with Gasteiger partial charge in [-0.2, -0.15) is 0 Å². The Morgan fingerprint density at radius 3 is 1.06 bits per heavy atom. The van der Waals surface area contributed by atoms with Crippen LogP contribution in [0.4, 0.5) is 0 Å². The minimum absolute atomic E-state index is 0.400. The monoisotopic (exact) mass is 700 g/mol. The smallest absolute Gasteiger partial charge is 0.0108 e. The maximum Gasteiger partial charge on any atom is 0.0108 e. The van der Waals surface area contributed by atoms with Crippen molar-refractivity contribution in [3.05, 3.63) is 168 Å². The van der Waals surface area contributed by atoms with Crippen molar-refractivity contribution >= 4 is 78.8 Å². The second kappa shape index (κ2) is 11.7. The standard InChI is InChI=1S/2C21H14N.CH3Cl.Zr/c2*1-2-8-16-14-17(13-15(16)7-1)22-20-11-5-3-9-18(20)19-10-4-6-12-21(19)22;1-2;/h2*1-14H;1H3;. The van der Waals surface area contributed by atoms with E-state index in [4.69, 9.17) is 0 Å². The second-order valence-electron chi connectivity index (χ2n) is 12.2. The number of fused-ring (bicyclic) bond motifs is 8. The number of nitrogens with zero attached hydrogens (tertiary/aromatic N) is 2. The molecule has 0 radical (unpaired) electrons. The van der Waals surface area contributed by atoms with Crippen LogP contribution >= 0.6 is 11.6 Å². The van der Waals surface area contributed by atoms with E-state index in [1.54, 1.807) is 0 Å². The summed E-state index contributed by atoms with van der Waals surface area (Å²) < 4.78 is 5.97. The fourth-order valence-electron chi connectivity index (χ4n) is 7.92. The first-order valence-corrected chi connectivity index (χ1v) is 19.7. The average Bonchev–Trinajstić information content (AvgIpc) is 3.87. The molecule has 0 fully saturated rings. The van der Waals surface area contributed by atoms with E-state index in [9.17, 15) is 0 Å². The van der Waals surface area contributed by atoms with E-state index in [1.807, 2.05) is 0 Å². The molecule has 0 N–H and O–H groups in total. The van der Waals surface area contributed by atoms with Crippen molar-refractivity contribution in [1.82, 2.24) is 9.13 Å². The van der Waals surface area contributed by atoms with Gasteiger partial charge in [-0.15, -0.1) is 11.6 Å². The van der Waals surface area contributed by atoms with E-state index in [0.717, 1.165) is 0 Å². The normalized spacial score (nSPS) is 16.6. The summed E-state index contributed by atoms with van der Waals surface area (Å²) in [6.45, 7) is 0. The molecule has 2 nitrogen and oxygen atoms in total. The van der Waals surface area contributed by atoms with Crippen molar-refractivity contribution < 1.29 is 23.2 Å². The number of hydrogen-bond donors (Lipinski definition) is 0. The van der Waals surface area contributed by atoms with Crippen LogP contribution in [0.15, 0.2) is 146 Å². The van der Waals surface area contributed by atoms with Crippen molar-refractivity contribution in [2.24, 2.45) is 0 Å². The third-order valence-corrected chi connectivity index (χ3v) is 14.4. The topological polar surface area (TPSA) is 9.86 Å². The predicted molar refractivity (Wildman–Crippen MR) is 197 cm³/mol. The van der Waals surface area contributed by atoms with Gasteiger partial charge in [0.15, 0.2) is 0 Å². The van der Waals surface area contributed by atoms with Crippen LogP contribution in [0.5, 0.6) is 0 Å². The fourth-order valence-corrected chi connectivity index (χ4v) is 12.8. The van der Waals surface area contributed by atoms with Gasteiger partial charge in [0.25, 0.3) is 0 Å². The number of para-hydroxylation sites is 4. The molecule has 6 aromatic carbocycles. The fraction of sp³-hybridized carbons (Fsp3) is 0.0698. The van der Waals surface area contributed by atoms with Crippen LogP contribution in [0.25, 0.3) is 67.2 Å². The van der Waals surface area contributed by atoms with E-state index in [2.05, 4.69) is 178 Å². The van der Waals surface area contributed by atoms with E-state index in [1.165, 1.54) is 83.6 Å². The predicted octanol–water partition coefficient (Wildman–Crippen LogP) is 11.6. The molecule has 10 rings (SSSR count). The summed E-state index contributed by atoms with van der Waals surface area (Å²) in [4.78, 5) is 0. The van der Waals surface area contributed by atoms with Crippen LogP contribution in [0.3, 0.4) is 0 Å². The summed E-state index contributed by atoms with van der Waals surface area (Å²) in [7, 11) is 0. The molecule has 2 heterocycles. The van der Waals surface area contributed by atoms with Crippen molar-refractivity contribution in [3.63, 3.8) is 0 Å². The van der Waals surface area contributed by atoms with E-state index < -0.39 is 23.2 Å². The summed E-state index contributed by atoms with van der Waals surface area (Å²) in [5, 5.41) is 5.30. The van der Waals surface area contributed by atoms with Crippen LogP contribution < -0.4 is 0 Å². The Morgan fingerprint density at radius 2 is 0.702 bits per heavy atom. The zero-order chi connectivity index (χ0) is 31.5. The Labute approximate surface area is 290 Å². The van der Waals surface area contributed by atoms with E-state index in [-0.39, 0.29) is 0 Å². The molecule has 0 saturated heterocycles. The van der Waals surface area contributed by atoms with Gasteiger partial charge in [-0.1, -0.05) is 0 Å². The number of benzene rings is 6. The summed E-state index contributed by atoms with van der Waals surface area (Å²) in [6, 6.07) is 54.0. The van der Waals surface area contributed by atoms with E-state index in [0.29, 0.717) is 7.25 Å². The van der Waals surface area contributed by atoms with Crippen LogP contribution in [0.2, 0.25) is 0 Å². The molecule has 2 aliphatic rings. The Hall–Kier alpha value is -4.43. The summed E-state index contributed by atoms with van der Waals surface area (Å²) in [6.07, 6.45) is 6.45. The number of allylic oxidation sites excluding steroid dienone is 2. The second-order valence-corrected chi connectivity index (χ2v) is 15.8. The van der Waals surface area contributed by atoms with Gasteiger partial charge >= 0.3 is 275 Å². The van der Waals surface area contributed by atoms with Crippen LogP contribution in [0.1, 0.15) is 29.5 Å². The first kappa shape index (κ1) is 28.8. The summed E-state index contributed by atoms with van der Waals surface area (Å²) in [5.41, 5.74) is 13.8. The number of rotatable bonds is 4. The zero-order valence-electron chi connectivity index (χ0n) is 25.9. The Balaban J connectivity index is 0.00000149. The minimum Gasteiger partial charge on any atom is -0.130 e. The first-order valence-electron chi connectivity index (χ1n) is 16.1. The van der Waals surface area contributed by atoms with Gasteiger partial charge in [-0.3, -0.25) is 0 Å². The Morgan fingerprint density at radius 1 is 0.404 bits per heavy atom. The molecule has 0 amide bonds. The van der Waals surface area contributed by atoms with Crippen molar-refractivity contribution in [1.29, 1.82) is 0 Å². The zero-order valence-corrected chi connectivity index (χ0v) is 29.2. The number of hydrogen-bond acceptors (Lipinski definition) is 0. The molecule has 47 heavy (non-hydrogen) atoms. The molecule has 0 spiro atoms. The molecule has 2 aliphatic carbocycles. The summed E-state index contributed by atoms with van der Waals surface area (Å²) in [5.74, 6) is 0. The molecule has 2 atom stereocenters. The van der Waals surface area contributed by atoms with Gasteiger partial charge in [0.05, 0.1) is 0 Å². The van der Waals surface area contributed by atoms with Gasteiger partial charge in [0.1, 0.15) is 0 Å². The van der Waals surface area contributed by atoms with Crippen molar-refractivity contribution in [2.45, 2.75) is 7.25 Å². The van der Waals surface area contributed by atoms with Gasteiger partial charge < -0.3 is 0 Å². The van der Waals surface area contributed by atoms with Gasteiger partial charge in [0, 0.05) is 6.38 Å². The first-order chi connectivity index (χ1) is 23.3. The van der Waals surface area contributed by atoms with Crippen LogP contribution in [-0.4, -0.2) is 15.5 Å². The average molecular weight is 702 g/mol. The van der Waals surface area contributed by atoms with Crippen molar-refractivity contribution in [3.8, 4) is 0 Å². The molecule has 0 bridgehead atoms. The maximum atomic E-state index is 4.64. The molecule has 0 aliphatic heterocycles. The SMILES string of the molecule is C1=C(n2c3ccccc3c3ccccc32)[CH]([Zr][CH]2C(n3c4ccccc4c4ccccc43)=Cc3ccccc32)c2ccccc21.CCl. The molecule has 2 aromatic heterocycles. The molecule has 2 unspecified atom stereocenters. The van der Waals surface area contributed by atoms with Crippen LogP contribution in [-0.2, 0) is 23.2 Å². The van der Waals surface area contributed by atoms with Gasteiger partial charge in [-0.25, -0.2) is 0 Å². The van der Waals surface area contributed by atoms with E-state index >= 15 is 0 Å². The number of alkyl halides is 1. The molecular weight excluding hydrogens is 671 g/mol. The van der Waals surface area contributed by atoms with Crippen LogP contribution in [0, 0.1) is 0 Å². The van der Waals surface area contributed by atoms with Crippen molar-refractivity contribution in [2.75, 3.05) is 6.38 Å². The summed E-state index contributed by atoms with van der Waals surface area (Å²) >= 11 is 3.40. The third kappa shape index (κ3) is 4.40. The van der Waals surface area contributed by atoms with Gasteiger partial charge in [-0.05, 0) is 0 Å². The Kier molecular flexibility index (Phi) is 7.14. The molecule has 8 aromatic rings. The molecule has 0 saturated carbocycles. The third-order valence-electron chi connectivity index (χ3n) is 9.82. The van der Waals surface area contributed by atoms with Gasteiger partial charge in [0.2, 0.25) is 0 Å². The quantitative estimate of drug-likeness (QED) is 0.162. The maximum absolute atomic E-state index is 4.64.